The zero-order chi connectivity index (χ0) is 17.1. The number of aliphatic hydroxyl groups excluding tert-OH is 1. The van der Waals surface area contributed by atoms with Gasteiger partial charge in [-0.25, -0.2) is 0 Å². The van der Waals surface area contributed by atoms with Gasteiger partial charge < -0.3 is 19.4 Å². The maximum atomic E-state index is 9.80. The van der Waals surface area contributed by atoms with Gasteiger partial charge in [-0.2, -0.15) is 4.98 Å². The van der Waals surface area contributed by atoms with Gasteiger partial charge in [0.2, 0.25) is 0 Å². The van der Waals surface area contributed by atoms with E-state index < -0.39 is 0 Å². The summed E-state index contributed by atoms with van der Waals surface area (Å²) in [5, 5.41) is 14.0. The minimum absolute atomic E-state index is 0.221. The molecule has 2 aromatic rings. The molecule has 0 saturated carbocycles. The van der Waals surface area contributed by atoms with E-state index in [-0.39, 0.29) is 12.5 Å². The monoisotopic (exact) mass is 342 g/mol. The minimum Gasteiger partial charge on any atom is -0.396 e. The van der Waals surface area contributed by atoms with Gasteiger partial charge in [0.1, 0.15) is 0 Å². The number of hydrogen-bond donors (Lipinski definition) is 1. The first-order chi connectivity index (χ1) is 12.3. The number of aromatic nitrogens is 2. The molecule has 2 saturated heterocycles. The highest BCUT2D eigenvalue weighted by Gasteiger charge is 2.35. The highest BCUT2D eigenvalue weighted by atomic mass is 16.5. The molecule has 6 nitrogen and oxygen atoms in total. The Morgan fingerprint density at radius 1 is 1.04 bits per heavy atom. The number of hydrogen-bond acceptors (Lipinski definition) is 6. The fourth-order valence-corrected chi connectivity index (χ4v) is 4.03. The van der Waals surface area contributed by atoms with Crippen LogP contribution in [0.15, 0.2) is 34.9 Å². The number of aliphatic hydroxyl groups is 1. The third-order valence-corrected chi connectivity index (χ3v) is 5.47. The molecule has 0 unspecified atom stereocenters. The number of benzene rings is 1. The first-order valence-corrected chi connectivity index (χ1v) is 9.31. The Kier molecular flexibility index (Phi) is 4.99. The molecule has 0 spiro atoms. The second kappa shape index (κ2) is 7.54. The quantitative estimate of drug-likeness (QED) is 0.899. The van der Waals surface area contributed by atoms with Gasteiger partial charge in [-0.05, 0) is 49.1 Å². The fraction of sp³-hybridized carbons (Fsp3) is 0.579. The van der Waals surface area contributed by atoms with Crippen LogP contribution in [0.2, 0.25) is 0 Å². The normalized spacial score (nSPS) is 24.8. The lowest BCUT2D eigenvalue weighted by atomic mass is 9.95. The van der Waals surface area contributed by atoms with Gasteiger partial charge >= 0.3 is 0 Å². The molecule has 2 aliphatic heterocycles. The van der Waals surface area contributed by atoms with Crippen LogP contribution in [-0.2, 0) is 0 Å². The summed E-state index contributed by atoms with van der Waals surface area (Å²) in [5.41, 5.74) is 0.934. The van der Waals surface area contributed by atoms with Crippen LogP contribution in [0.3, 0.4) is 0 Å². The SMILES string of the molecule is OC[C@@H]1CN(c2noc(-c3ccccc3)n2)C[C@@H]1CN1CCCCC1. The standard InChI is InChI=1S/C19H26N4O2/c24-14-17-13-23(12-16(17)11-22-9-5-2-6-10-22)19-20-18(25-21-19)15-7-3-1-4-8-15/h1,3-4,7-8,16-17,24H,2,5-6,9-14H2/t16-,17-/m0/s1. The predicted octanol–water partition coefficient (Wildman–Crippen LogP) is 2.27. The molecule has 0 aliphatic carbocycles. The molecular formula is C19H26N4O2. The molecule has 1 aromatic heterocycles. The van der Waals surface area contributed by atoms with Gasteiger partial charge in [0.25, 0.3) is 11.8 Å². The second-order valence-corrected chi connectivity index (χ2v) is 7.23. The summed E-state index contributed by atoms with van der Waals surface area (Å²) >= 11 is 0. The van der Waals surface area contributed by atoms with Crippen LogP contribution in [0.4, 0.5) is 5.95 Å². The highest BCUT2D eigenvalue weighted by Crippen LogP contribution is 2.29. The van der Waals surface area contributed by atoms with E-state index in [1.807, 2.05) is 30.3 Å². The van der Waals surface area contributed by atoms with Crippen LogP contribution in [0.5, 0.6) is 0 Å². The summed E-state index contributed by atoms with van der Waals surface area (Å²) in [4.78, 5) is 9.27. The van der Waals surface area contributed by atoms with Crippen molar-refractivity contribution in [3.05, 3.63) is 30.3 Å². The van der Waals surface area contributed by atoms with E-state index in [0.717, 1.165) is 25.2 Å². The Morgan fingerprint density at radius 3 is 2.56 bits per heavy atom. The number of rotatable bonds is 5. The third-order valence-electron chi connectivity index (χ3n) is 5.47. The van der Waals surface area contributed by atoms with E-state index in [2.05, 4.69) is 19.9 Å². The van der Waals surface area contributed by atoms with Crippen molar-refractivity contribution in [1.82, 2.24) is 15.0 Å². The van der Waals surface area contributed by atoms with Gasteiger partial charge in [0.05, 0.1) is 0 Å². The Labute approximate surface area is 148 Å². The molecule has 4 rings (SSSR count). The molecule has 25 heavy (non-hydrogen) atoms. The van der Waals surface area contributed by atoms with Crippen molar-refractivity contribution in [3.63, 3.8) is 0 Å². The average molecular weight is 342 g/mol. The Balaban J connectivity index is 1.44. The van der Waals surface area contributed by atoms with Crippen LogP contribution in [0, 0.1) is 11.8 Å². The molecule has 2 aliphatic rings. The summed E-state index contributed by atoms with van der Waals surface area (Å²) in [6.07, 6.45) is 3.94. The lowest BCUT2D eigenvalue weighted by molar-refractivity contribution is 0.149. The number of likely N-dealkylation sites (tertiary alicyclic amines) is 1. The van der Waals surface area contributed by atoms with Gasteiger partial charge in [0.15, 0.2) is 0 Å². The molecule has 3 heterocycles. The third kappa shape index (κ3) is 3.70. The van der Waals surface area contributed by atoms with Crippen LogP contribution >= 0.6 is 0 Å². The molecule has 1 N–H and O–H groups in total. The van der Waals surface area contributed by atoms with E-state index in [4.69, 9.17) is 4.52 Å². The molecule has 0 bridgehead atoms. The van der Waals surface area contributed by atoms with Crippen molar-refractivity contribution >= 4 is 5.95 Å². The van der Waals surface area contributed by atoms with E-state index in [1.165, 1.54) is 32.4 Å². The average Bonchev–Trinajstić information content (AvgIpc) is 3.30. The first kappa shape index (κ1) is 16.5. The lowest BCUT2D eigenvalue weighted by Crippen LogP contribution is -2.37. The molecule has 6 heteroatoms. The molecule has 2 fully saturated rings. The van der Waals surface area contributed by atoms with Crippen LogP contribution in [0.1, 0.15) is 19.3 Å². The van der Waals surface area contributed by atoms with E-state index in [1.54, 1.807) is 0 Å². The van der Waals surface area contributed by atoms with Crippen LogP contribution in [0.25, 0.3) is 11.5 Å². The number of nitrogens with zero attached hydrogens (tertiary/aromatic N) is 4. The largest absolute Gasteiger partial charge is 0.396 e. The minimum atomic E-state index is 0.221. The smallest absolute Gasteiger partial charge is 0.266 e. The molecule has 0 radical (unpaired) electrons. The van der Waals surface area contributed by atoms with Gasteiger partial charge in [-0.1, -0.05) is 24.6 Å². The molecule has 0 amide bonds. The molecular weight excluding hydrogens is 316 g/mol. The predicted molar refractivity (Wildman–Crippen MR) is 96.3 cm³/mol. The van der Waals surface area contributed by atoms with Crippen LogP contribution < -0.4 is 4.90 Å². The van der Waals surface area contributed by atoms with Crippen molar-refractivity contribution < 1.29 is 9.63 Å². The summed E-state index contributed by atoms with van der Waals surface area (Å²) < 4.78 is 5.44. The fourth-order valence-electron chi connectivity index (χ4n) is 4.03. The van der Waals surface area contributed by atoms with E-state index >= 15 is 0 Å². The Hall–Kier alpha value is -1.92. The van der Waals surface area contributed by atoms with Crippen molar-refractivity contribution in [1.29, 1.82) is 0 Å². The van der Waals surface area contributed by atoms with Crippen molar-refractivity contribution in [2.24, 2.45) is 11.8 Å². The second-order valence-electron chi connectivity index (χ2n) is 7.23. The van der Waals surface area contributed by atoms with Crippen molar-refractivity contribution in [3.8, 4) is 11.5 Å². The first-order valence-electron chi connectivity index (χ1n) is 9.31. The van der Waals surface area contributed by atoms with Crippen molar-refractivity contribution in [2.75, 3.05) is 44.2 Å². The summed E-state index contributed by atoms with van der Waals surface area (Å²) in [6.45, 7) is 5.34. The summed E-state index contributed by atoms with van der Waals surface area (Å²) in [7, 11) is 0. The molecule has 134 valence electrons. The molecule has 2 atom stereocenters. The van der Waals surface area contributed by atoms with Crippen LogP contribution in [-0.4, -0.2) is 59.5 Å². The summed E-state index contributed by atoms with van der Waals surface area (Å²) in [5.74, 6) is 1.93. The van der Waals surface area contributed by atoms with E-state index in [0.29, 0.717) is 17.8 Å². The van der Waals surface area contributed by atoms with Gasteiger partial charge in [-0.15, -0.1) is 0 Å². The number of piperidine rings is 1. The summed E-state index contributed by atoms with van der Waals surface area (Å²) in [6, 6.07) is 9.84. The Bertz CT molecular complexity index is 669. The maximum Gasteiger partial charge on any atom is 0.266 e. The lowest BCUT2D eigenvalue weighted by Gasteiger charge is -2.30. The number of anilines is 1. The van der Waals surface area contributed by atoms with E-state index in [9.17, 15) is 5.11 Å². The zero-order valence-corrected chi connectivity index (χ0v) is 14.5. The zero-order valence-electron chi connectivity index (χ0n) is 14.5. The topological polar surface area (TPSA) is 65.6 Å². The highest BCUT2D eigenvalue weighted by molar-refractivity contribution is 5.54. The Morgan fingerprint density at radius 2 is 1.80 bits per heavy atom. The van der Waals surface area contributed by atoms with Gasteiger partial charge in [-0.3, -0.25) is 0 Å². The van der Waals surface area contributed by atoms with Crippen molar-refractivity contribution in [2.45, 2.75) is 19.3 Å². The molecule has 1 aromatic carbocycles. The maximum absolute atomic E-state index is 9.80. The van der Waals surface area contributed by atoms with Gasteiger partial charge in [0, 0.05) is 37.7 Å².